The molecule has 114 valence electrons. The first-order valence-electron chi connectivity index (χ1n) is 6.98. The van der Waals surface area contributed by atoms with Gasteiger partial charge in [0, 0.05) is 18.8 Å². The molecule has 1 atom stereocenters. The van der Waals surface area contributed by atoms with E-state index in [0.717, 1.165) is 24.9 Å². The maximum absolute atomic E-state index is 12.3. The molecule has 20 heavy (non-hydrogen) atoms. The molecule has 5 heteroatoms. The zero-order valence-corrected chi connectivity index (χ0v) is 12.3. The highest BCUT2D eigenvalue weighted by atomic mass is 19.4. The Kier molecular flexibility index (Phi) is 6.33. The number of alkyl halides is 3. The molecule has 1 unspecified atom stereocenters. The van der Waals surface area contributed by atoms with Crippen molar-refractivity contribution in [2.75, 3.05) is 25.0 Å². The van der Waals surface area contributed by atoms with E-state index in [-0.39, 0.29) is 6.04 Å². The third-order valence-corrected chi connectivity index (χ3v) is 3.20. The van der Waals surface area contributed by atoms with Crippen LogP contribution in [-0.4, -0.2) is 26.3 Å². The number of nitrogens with one attached hydrogen (secondary N) is 1. The summed E-state index contributed by atoms with van der Waals surface area (Å²) in [5.74, 6) is 0. The number of nitrogens with zero attached hydrogens (tertiary/aromatic N) is 1. The van der Waals surface area contributed by atoms with Crippen LogP contribution in [0.5, 0.6) is 0 Å². The molecule has 0 amide bonds. The lowest BCUT2D eigenvalue weighted by Crippen LogP contribution is -2.30. The standard InChI is InChI=1S/C15H23F3N2/c1-4-10-19-14(5-2)12-6-8-13(9-7-12)20(3)11-15(16,17)18/h6-9,14,19H,4-5,10-11H2,1-3H3. The van der Waals surface area contributed by atoms with Crippen molar-refractivity contribution in [2.45, 2.75) is 38.9 Å². The van der Waals surface area contributed by atoms with Gasteiger partial charge in [0.15, 0.2) is 0 Å². The molecule has 0 saturated heterocycles. The van der Waals surface area contributed by atoms with Gasteiger partial charge in [0.1, 0.15) is 6.54 Å². The molecule has 0 saturated carbocycles. The Morgan fingerprint density at radius 2 is 1.75 bits per heavy atom. The quantitative estimate of drug-likeness (QED) is 0.811. The van der Waals surface area contributed by atoms with E-state index in [0.29, 0.717) is 5.69 Å². The summed E-state index contributed by atoms with van der Waals surface area (Å²) < 4.78 is 37.0. The normalized spacial score (nSPS) is 13.3. The number of hydrogen-bond donors (Lipinski definition) is 1. The highest BCUT2D eigenvalue weighted by Gasteiger charge is 2.29. The van der Waals surface area contributed by atoms with Crippen molar-refractivity contribution in [2.24, 2.45) is 0 Å². The van der Waals surface area contributed by atoms with E-state index < -0.39 is 12.7 Å². The Morgan fingerprint density at radius 3 is 2.20 bits per heavy atom. The Labute approximate surface area is 119 Å². The molecule has 0 heterocycles. The van der Waals surface area contributed by atoms with Crippen molar-refractivity contribution in [1.29, 1.82) is 0 Å². The summed E-state index contributed by atoms with van der Waals surface area (Å²) >= 11 is 0. The molecule has 1 N–H and O–H groups in total. The Bertz CT molecular complexity index is 387. The minimum atomic E-state index is -4.18. The maximum atomic E-state index is 12.3. The maximum Gasteiger partial charge on any atom is 0.405 e. The second-order valence-electron chi connectivity index (χ2n) is 4.98. The number of rotatable bonds is 7. The zero-order chi connectivity index (χ0) is 15.2. The monoisotopic (exact) mass is 288 g/mol. The van der Waals surface area contributed by atoms with Gasteiger partial charge in [-0.2, -0.15) is 13.2 Å². The van der Waals surface area contributed by atoms with E-state index in [1.165, 1.54) is 11.9 Å². The molecular formula is C15H23F3N2. The Morgan fingerprint density at radius 1 is 1.15 bits per heavy atom. The van der Waals surface area contributed by atoms with Gasteiger partial charge in [-0.25, -0.2) is 0 Å². The van der Waals surface area contributed by atoms with Gasteiger partial charge >= 0.3 is 6.18 Å². The highest BCUT2D eigenvalue weighted by Crippen LogP contribution is 2.23. The van der Waals surface area contributed by atoms with Crippen molar-refractivity contribution in [3.8, 4) is 0 Å². The van der Waals surface area contributed by atoms with Gasteiger partial charge in [-0.1, -0.05) is 26.0 Å². The van der Waals surface area contributed by atoms with E-state index in [1.54, 1.807) is 12.1 Å². The van der Waals surface area contributed by atoms with Gasteiger partial charge < -0.3 is 10.2 Å². The molecule has 0 fully saturated rings. The smallest absolute Gasteiger partial charge is 0.366 e. The average Bonchev–Trinajstić information content (AvgIpc) is 2.38. The fourth-order valence-corrected chi connectivity index (χ4v) is 2.14. The van der Waals surface area contributed by atoms with E-state index in [2.05, 4.69) is 19.2 Å². The number of benzene rings is 1. The lowest BCUT2D eigenvalue weighted by molar-refractivity contribution is -0.119. The van der Waals surface area contributed by atoms with Crippen LogP contribution in [0.4, 0.5) is 18.9 Å². The summed E-state index contributed by atoms with van der Waals surface area (Å²) in [5.41, 5.74) is 1.70. The van der Waals surface area contributed by atoms with Gasteiger partial charge in [-0.05, 0) is 37.1 Å². The molecule has 0 radical (unpaired) electrons. The number of anilines is 1. The predicted molar refractivity (Wildman–Crippen MR) is 77.1 cm³/mol. The van der Waals surface area contributed by atoms with Crippen LogP contribution in [0, 0.1) is 0 Å². The van der Waals surface area contributed by atoms with Gasteiger partial charge in [0.05, 0.1) is 0 Å². The SMILES string of the molecule is CCCNC(CC)c1ccc(N(C)CC(F)(F)F)cc1. The molecule has 1 rings (SSSR count). The molecule has 0 aliphatic rings. The second kappa shape index (κ2) is 7.53. The molecule has 0 aliphatic heterocycles. The molecule has 0 aromatic heterocycles. The topological polar surface area (TPSA) is 15.3 Å². The number of hydrogen-bond acceptors (Lipinski definition) is 2. The molecule has 0 spiro atoms. The van der Waals surface area contributed by atoms with Gasteiger partial charge in [0.25, 0.3) is 0 Å². The van der Waals surface area contributed by atoms with Crippen LogP contribution in [0.1, 0.15) is 38.3 Å². The molecule has 0 aliphatic carbocycles. The van der Waals surface area contributed by atoms with Crippen molar-refractivity contribution in [3.63, 3.8) is 0 Å². The summed E-state index contributed by atoms with van der Waals surface area (Å²) in [6, 6.07) is 7.56. The van der Waals surface area contributed by atoms with E-state index in [4.69, 9.17) is 0 Å². The van der Waals surface area contributed by atoms with Crippen LogP contribution in [0.15, 0.2) is 24.3 Å². The number of halogens is 3. The van der Waals surface area contributed by atoms with Crippen LogP contribution < -0.4 is 10.2 Å². The minimum absolute atomic E-state index is 0.261. The van der Waals surface area contributed by atoms with Crippen molar-refractivity contribution >= 4 is 5.69 Å². The first kappa shape index (κ1) is 16.8. The lowest BCUT2D eigenvalue weighted by atomic mass is 10.0. The van der Waals surface area contributed by atoms with Crippen molar-refractivity contribution in [3.05, 3.63) is 29.8 Å². The van der Waals surface area contributed by atoms with Gasteiger partial charge in [-0.15, -0.1) is 0 Å². The van der Waals surface area contributed by atoms with Crippen molar-refractivity contribution in [1.82, 2.24) is 5.32 Å². The fourth-order valence-electron chi connectivity index (χ4n) is 2.14. The minimum Gasteiger partial charge on any atom is -0.366 e. The fraction of sp³-hybridized carbons (Fsp3) is 0.600. The summed E-state index contributed by atoms with van der Waals surface area (Å²) in [5, 5.41) is 3.43. The second-order valence-corrected chi connectivity index (χ2v) is 4.98. The summed E-state index contributed by atoms with van der Waals surface area (Å²) in [4.78, 5) is 1.21. The summed E-state index contributed by atoms with van der Waals surface area (Å²) in [6.45, 7) is 4.21. The van der Waals surface area contributed by atoms with Gasteiger partial charge in [0.2, 0.25) is 0 Å². The largest absolute Gasteiger partial charge is 0.405 e. The Hall–Kier alpha value is -1.23. The Balaban J connectivity index is 2.72. The predicted octanol–water partition coefficient (Wildman–Crippen LogP) is 4.14. The average molecular weight is 288 g/mol. The van der Waals surface area contributed by atoms with Crippen LogP contribution in [-0.2, 0) is 0 Å². The van der Waals surface area contributed by atoms with E-state index in [9.17, 15) is 13.2 Å². The van der Waals surface area contributed by atoms with Crippen LogP contribution in [0.25, 0.3) is 0 Å². The lowest BCUT2D eigenvalue weighted by Gasteiger charge is -2.22. The zero-order valence-electron chi connectivity index (χ0n) is 12.3. The van der Waals surface area contributed by atoms with E-state index in [1.807, 2.05) is 12.1 Å². The molecule has 2 nitrogen and oxygen atoms in total. The van der Waals surface area contributed by atoms with Crippen LogP contribution in [0.2, 0.25) is 0 Å². The molecule has 0 bridgehead atoms. The first-order chi connectivity index (χ1) is 9.37. The van der Waals surface area contributed by atoms with E-state index >= 15 is 0 Å². The first-order valence-corrected chi connectivity index (χ1v) is 6.98. The van der Waals surface area contributed by atoms with Crippen LogP contribution in [0.3, 0.4) is 0 Å². The summed E-state index contributed by atoms with van der Waals surface area (Å²) in [6.07, 6.45) is -2.16. The highest BCUT2D eigenvalue weighted by molar-refractivity contribution is 5.47. The molecule has 1 aromatic carbocycles. The third-order valence-electron chi connectivity index (χ3n) is 3.20. The van der Waals surface area contributed by atoms with Crippen LogP contribution >= 0.6 is 0 Å². The third kappa shape index (κ3) is 5.41. The van der Waals surface area contributed by atoms with Gasteiger partial charge in [-0.3, -0.25) is 0 Å². The van der Waals surface area contributed by atoms with Crippen molar-refractivity contribution < 1.29 is 13.2 Å². The summed E-state index contributed by atoms with van der Waals surface area (Å²) in [7, 11) is 1.45. The molecular weight excluding hydrogens is 265 g/mol. The molecule has 1 aromatic rings.